The molecular weight excluding hydrogens is 206 g/mol. The molecule has 5 nitrogen and oxygen atoms in total. The Morgan fingerprint density at radius 2 is 1.88 bits per heavy atom. The molecule has 0 amide bonds. The summed E-state index contributed by atoms with van der Waals surface area (Å²) in [5.41, 5.74) is -0.735. The van der Waals surface area contributed by atoms with Crippen molar-refractivity contribution in [3.05, 3.63) is 0 Å². The van der Waals surface area contributed by atoms with Crippen LogP contribution in [0.15, 0.2) is 0 Å². The maximum absolute atomic E-state index is 11.4. The summed E-state index contributed by atoms with van der Waals surface area (Å²) >= 11 is 0. The van der Waals surface area contributed by atoms with Crippen molar-refractivity contribution in [3.63, 3.8) is 0 Å². The molecule has 1 saturated heterocycles. The van der Waals surface area contributed by atoms with Crippen molar-refractivity contribution in [2.45, 2.75) is 38.3 Å². The fourth-order valence-corrected chi connectivity index (χ4v) is 2.25. The second-order valence-electron chi connectivity index (χ2n) is 4.99. The summed E-state index contributed by atoms with van der Waals surface area (Å²) in [6.45, 7) is 5.56. The van der Waals surface area contributed by atoms with E-state index in [1.165, 1.54) is 0 Å². The van der Waals surface area contributed by atoms with Crippen molar-refractivity contribution in [1.82, 2.24) is 15.3 Å². The minimum absolute atomic E-state index is 0.196. The van der Waals surface area contributed by atoms with Crippen molar-refractivity contribution in [1.29, 1.82) is 0 Å². The number of nitrogens with one attached hydrogen (secondary N) is 1. The highest BCUT2D eigenvalue weighted by Gasteiger charge is 2.41. The van der Waals surface area contributed by atoms with Crippen LogP contribution in [0.3, 0.4) is 0 Å². The van der Waals surface area contributed by atoms with E-state index in [2.05, 4.69) is 10.3 Å². The summed E-state index contributed by atoms with van der Waals surface area (Å²) in [5, 5.41) is 16.8. The molecule has 1 aliphatic rings. The molecular formula is C11H23N3O2. The lowest BCUT2D eigenvalue weighted by Gasteiger charge is -2.42. The Bertz CT molecular complexity index is 246. The summed E-state index contributed by atoms with van der Waals surface area (Å²) < 4.78 is 0. The second kappa shape index (κ2) is 5.12. The third-order valence-electron chi connectivity index (χ3n) is 3.13. The van der Waals surface area contributed by atoms with E-state index < -0.39 is 11.5 Å². The predicted octanol–water partition coefficient (Wildman–Crippen LogP) is 0.380. The van der Waals surface area contributed by atoms with E-state index in [9.17, 15) is 9.90 Å². The van der Waals surface area contributed by atoms with E-state index in [1.807, 2.05) is 33.0 Å². The van der Waals surface area contributed by atoms with Crippen LogP contribution in [-0.2, 0) is 4.79 Å². The van der Waals surface area contributed by atoms with E-state index in [-0.39, 0.29) is 6.04 Å². The average molecular weight is 229 g/mol. The van der Waals surface area contributed by atoms with Gasteiger partial charge in [0.05, 0.1) is 0 Å². The quantitative estimate of drug-likeness (QED) is 0.730. The van der Waals surface area contributed by atoms with Gasteiger partial charge < -0.3 is 5.11 Å². The van der Waals surface area contributed by atoms with Gasteiger partial charge in [0.15, 0.2) is 0 Å². The maximum Gasteiger partial charge on any atom is 0.324 e. The number of rotatable bonds is 4. The fraction of sp³-hybridized carbons (Fsp3) is 0.909. The van der Waals surface area contributed by atoms with Gasteiger partial charge in [-0.25, -0.2) is 10.0 Å². The number of aliphatic carboxylic acids is 1. The van der Waals surface area contributed by atoms with Crippen LogP contribution in [0.1, 0.15) is 26.7 Å². The van der Waals surface area contributed by atoms with E-state index in [0.717, 1.165) is 13.1 Å². The Balaban J connectivity index is 2.66. The van der Waals surface area contributed by atoms with Crippen LogP contribution in [0.4, 0.5) is 0 Å². The molecule has 0 spiro atoms. The number of carbonyl (C=O) groups is 1. The monoisotopic (exact) mass is 229 g/mol. The number of nitrogens with zero attached hydrogens (tertiary/aromatic N) is 2. The molecule has 94 valence electrons. The molecule has 0 aromatic heterocycles. The van der Waals surface area contributed by atoms with Crippen LogP contribution in [0, 0.1) is 0 Å². The third-order valence-corrected chi connectivity index (χ3v) is 3.13. The molecule has 1 rings (SSSR count). The van der Waals surface area contributed by atoms with Gasteiger partial charge in [-0.2, -0.15) is 0 Å². The minimum atomic E-state index is -0.735. The zero-order chi connectivity index (χ0) is 12.3. The van der Waals surface area contributed by atoms with Crippen molar-refractivity contribution in [3.8, 4) is 0 Å². The van der Waals surface area contributed by atoms with Crippen LogP contribution in [0.25, 0.3) is 0 Å². The summed E-state index contributed by atoms with van der Waals surface area (Å²) in [6.07, 6.45) is 1.30. The van der Waals surface area contributed by atoms with Crippen LogP contribution in [0.5, 0.6) is 0 Å². The summed E-state index contributed by atoms with van der Waals surface area (Å²) in [5.74, 6) is -0.723. The fourth-order valence-electron chi connectivity index (χ4n) is 2.25. The Morgan fingerprint density at radius 1 is 1.38 bits per heavy atom. The molecule has 1 heterocycles. The van der Waals surface area contributed by atoms with Gasteiger partial charge in [0.2, 0.25) is 0 Å². The largest absolute Gasteiger partial charge is 0.480 e. The molecule has 2 N–H and O–H groups in total. The molecule has 0 aliphatic carbocycles. The molecule has 0 saturated carbocycles. The van der Waals surface area contributed by atoms with Crippen LogP contribution < -0.4 is 5.32 Å². The molecule has 0 unspecified atom stereocenters. The summed E-state index contributed by atoms with van der Waals surface area (Å²) in [4.78, 5) is 11.4. The number of hydrogen-bond acceptors (Lipinski definition) is 4. The van der Waals surface area contributed by atoms with Crippen LogP contribution in [-0.4, -0.2) is 59.9 Å². The first-order valence-electron chi connectivity index (χ1n) is 5.81. The maximum atomic E-state index is 11.4. The highest BCUT2D eigenvalue weighted by molar-refractivity contribution is 5.79. The number of hydrazine groups is 1. The first kappa shape index (κ1) is 13.4. The molecule has 1 aliphatic heterocycles. The van der Waals surface area contributed by atoms with E-state index >= 15 is 0 Å². The van der Waals surface area contributed by atoms with Crippen LogP contribution >= 0.6 is 0 Å². The van der Waals surface area contributed by atoms with Gasteiger partial charge in [-0.1, -0.05) is 0 Å². The molecule has 16 heavy (non-hydrogen) atoms. The zero-order valence-corrected chi connectivity index (χ0v) is 10.7. The average Bonchev–Trinajstić information content (AvgIpc) is 2.17. The van der Waals surface area contributed by atoms with Crippen molar-refractivity contribution >= 4 is 5.97 Å². The lowest BCUT2D eigenvalue weighted by molar-refractivity contribution is -0.149. The first-order chi connectivity index (χ1) is 7.37. The zero-order valence-electron chi connectivity index (χ0n) is 10.7. The number of hydrogen-bond donors (Lipinski definition) is 2. The van der Waals surface area contributed by atoms with E-state index in [4.69, 9.17) is 0 Å². The van der Waals surface area contributed by atoms with Gasteiger partial charge in [0.25, 0.3) is 0 Å². The summed E-state index contributed by atoms with van der Waals surface area (Å²) in [6, 6.07) is 0.196. The van der Waals surface area contributed by atoms with Gasteiger partial charge in [0, 0.05) is 33.2 Å². The van der Waals surface area contributed by atoms with Crippen molar-refractivity contribution < 1.29 is 9.90 Å². The third kappa shape index (κ3) is 2.93. The smallest absolute Gasteiger partial charge is 0.324 e. The topological polar surface area (TPSA) is 55.8 Å². The Labute approximate surface area is 97.4 Å². The van der Waals surface area contributed by atoms with Gasteiger partial charge in [-0.3, -0.25) is 10.1 Å². The van der Waals surface area contributed by atoms with E-state index in [1.54, 1.807) is 0 Å². The van der Waals surface area contributed by atoms with Crippen LogP contribution in [0.2, 0.25) is 0 Å². The Hall–Kier alpha value is -0.650. The van der Waals surface area contributed by atoms with Gasteiger partial charge in [-0.15, -0.1) is 0 Å². The number of carboxylic acid groups (broad SMARTS) is 1. The highest BCUT2D eigenvalue weighted by Crippen LogP contribution is 2.23. The molecule has 1 fully saturated rings. The predicted molar refractivity (Wildman–Crippen MR) is 63.1 cm³/mol. The SMILES string of the molecule is CC(C)NC1(C(=O)O)CCN(N(C)C)CC1. The minimum Gasteiger partial charge on any atom is -0.480 e. The van der Waals surface area contributed by atoms with E-state index in [0.29, 0.717) is 12.8 Å². The van der Waals surface area contributed by atoms with Crippen molar-refractivity contribution in [2.24, 2.45) is 0 Å². The molecule has 0 atom stereocenters. The molecule has 0 aromatic carbocycles. The standard InChI is InChI=1S/C11H23N3O2/c1-9(2)12-11(10(15)16)5-7-14(8-6-11)13(3)4/h9,12H,5-8H2,1-4H3,(H,15,16). The molecule has 0 radical (unpaired) electrons. The molecule has 0 aromatic rings. The molecule has 5 heteroatoms. The highest BCUT2D eigenvalue weighted by atomic mass is 16.4. The second-order valence-corrected chi connectivity index (χ2v) is 4.99. The molecule has 0 bridgehead atoms. The lowest BCUT2D eigenvalue weighted by Crippen LogP contribution is -2.61. The summed E-state index contributed by atoms with van der Waals surface area (Å²) in [7, 11) is 3.98. The Kier molecular flexibility index (Phi) is 4.29. The number of piperidine rings is 1. The lowest BCUT2D eigenvalue weighted by atomic mass is 9.87. The van der Waals surface area contributed by atoms with Crippen molar-refractivity contribution in [2.75, 3.05) is 27.2 Å². The van der Waals surface area contributed by atoms with Gasteiger partial charge in [-0.05, 0) is 26.7 Å². The normalized spacial score (nSPS) is 21.6. The van der Waals surface area contributed by atoms with Gasteiger partial charge >= 0.3 is 5.97 Å². The first-order valence-corrected chi connectivity index (χ1v) is 5.81. The number of carboxylic acids is 1. The Morgan fingerprint density at radius 3 is 2.19 bits per heavy atom. The van der Waals surface area contributed by atoms with Gasteiger partial charge in [0.1, 0.15) is 5.54 Å².